The van der Waals surface area contributed by atoms with Crippen LogP contribution in [-0.2, 0) is 6.18 Å². The summed E-state index contributed by atoms with van der Waals surface area (Å²) in [6, 6.07) is 12.9. The minimum Gasteiger partial charge on any atom is -0.383 e. The summed E-state index contributed by atoms with van der Waals surface area (Å²) in [5.41, 5.74) is 0.963. The molecule has 8 heteroatoms. The number of halogens is 4. The van der Waals surface area contributed by atoms with Crippen LogP contribution in [0.15, 0.2) is 54.7 Å². The average Bonchev–Trinajstić information content (AvgIpc) is 2.81. The fraction of sp³-hybridized carbons (Fsp3) is 0.360. The normalized spacial score (nSPS) is 18.8. The molecule has 1 fully saturated rings. The Morgan fingerprint density at radius 1 is 1.00 bits per heavy atom. The second-order valence-corrected chi connectivity index (χ2v) is 8.96. The number of aromatic nitrogens is 1. The highest BCUT2D eigenvalue weighted by Gasteiger charge is 2.32. The quantitative estimate of drug-likeness (QED) is 0.424. The van der Waals surface area contributed by atoms with E-state index in [0.717, 1.165) is 67.0 Å². The fourth-order valence-electron chi connectivity index (χ4n) is 4.35. The van der Waals surface area contributed by atoms with E-state index in [-0.39, 0.29) is 10.6 Å². The van der Waals surface area contributed by atoms with E-state index in [1.54, 1.807) is 6.20 Å². The van der Waals surface area contributed by atoms with Crippen LogP contribution in [0.25, 0.3) is 10.9 Å². The molecule has 4 nitrogen and oxygen atoms in total. The lowest BCUT2D eigenvalue weighted by Gasteiger charge is -2.29. The van der Waals surface area contributed by atoms with Crippen molar-refractivity contribution in [3.8, 4) is 0 Å². The number of nitrogens with one attached hydrogen (secondary N) is 2. The Bertz CT molecular complexity index is 1120. The van der Waals surface area contributed by atoms with Crippen molar-refractivity contribution in [3.05, 3.63) is 70.9 Å². The van der Waals surface area contributed by atoms with Crippen LogP contribution < -0.4 is 10.6 Å². The zero-order valence-corrected chi connectivity index (χ0v) is 18.7. The van der Waals surface area contributed by atoms with E-state index >= 15 is 0 Å². The molecule has 2 N–H and O–H groups in total. The van der Waals surface area contributed by atoms with Gasteiger partial charge in [0.2, 0.25) is 0 Å². The Morgan fingerprint density at radius 3 is 2.42 bits per heavy atom. The molecule has 0 bridgehead atoms. The third kappa shape index (κ3) is 5.77. The summed E-state index contributed by atoms with van der Waals surface area (Å²) >= 11 is 5.96. The highest BCUT2D eigenvalue weighted by molar-refractivity contribution is 6.33. The maximum Gasteiger partial charge on any atom is 0.416 e. The van der Waals surface area contributed by atoms with Crippen molar-refractivity contribution in [2.24, 2.45) is 11.8 Å². The largest absolute Gasteiger partial charge is 0.416 e. The first-order valence-electron chi connectivity index (χ1n) is 11.0. The summed E-state index contributed by atoms with van der Waals surface area (Å²) in [6.07, 6.45) is 1.23. The number of rotatable bonds is 6. The van der Waals surface area contributed by atoms with Crippen LogP contribution in [0.3, 0.4) is 0 Å². The second kappa shape index (κ2) is 10.00. The predicted molar refractivity (Wildman–Crippen MR) is 124 cm³/mol. The summed E-state index contributed by atoms with van der Waals surface area (Å²) in [7, 11) is 0. The molecule has 1 saturated carbocycles. The first-order valence-corrected chi connectivity index (χ1v) is 11.4. The van der Waals surface area contributed by atoms with Gasteiger partial charge < -0.3 is 10.6 Å². The van der Waals surface area contributed by atoms with E-state index in [2.05, 4.69) is 15.6 Å². The number of amides is 1. The lowest BCUT2D eigenvalue weighted by Crippen LogP contribution is -2.32. The Labute approximate surface area is 195 Å². The molecule has 0 saturated heterocycles. The summed E-state index contributed by atoms with van der Waals surface area (Å²) in [6.45, 7) is 1.29. The van der Waals surface area contributed by atoms with E-state index in [1.807, 2.05) is 30.3 Å². The Hall–Kier alpha value is -2.80. The highest BCUT2D eigenvalue weighted by atomic mass is 35.5. The van der Waals surface area contributed by atoms with Gasteiger partial charge in [-0.05, 0) is 67.9 Å². The highest BCUT2D eigenvalue weighted by Crippen LogP contribution is 2.32. The Morgan fingerprint density at radius 2 is 1.70 bits per heavy atom. The van der Waals surface area contributed by atoms with Gasteiger partial charge in [0.15, 0.2) is 0 Å². The summed E-state index contributed by atoms with van der Waals surface area (Å²) in [5.74, 6) is 0.251. The first-order chi connectivity index (χ1) is 15.8. The summed E-state index contributed by atoms with van der Waals surface area (Å²) < 4.78 is 38.8. The lowest BCUT2D eigenvalue weighted by molar-refractivity contribution is -0.137. The van der Waals surface area contributed by atoms with Crippen LogP contribution in [0.5, 0.6) is 0 Å². The molecule has 33 heavy (non-hydrogen) atoms. The van der Waals surface area contributed by atoms with Crippen LogP contribution in [0.4, 0.5) is 18.9 Å². The maximum absolute atomic E-state index is 12.9. The zero-order valence-electron chi connectivity index (χ0n) is 18.0. The summed E-state index contributed by atoms with van der Waals surface area (Å²) in [5, 5.41) is 7.41. The topological polar surface area (TPSA) is 54.0 Å². The van der Waals surface area contributed by atoms with Gasteiger partial charge in [0.1, 0.15) is 0 Å². The minimum atomic E-state index is -4.52. The monoisotopic (exact) mass is 475 g/mol. The van der Waals surface area contributed by atoms with Crippen molar-refractivity contribution in [2.45, 2.75) is 31.9 Å². The number of hydrogen-bond acceptors (Lipinski definition) is 3. The van der Waals surface area contributed by atoms with Gasteiger partial charge in [0, 0.05) is 24.7 Å². The molecular weight excluding hydrogens is 451 g/mol. The second-order valence-electron chi connectivity index (χ2n) is 8.55. The van der Waals surface area contributed by atoms with Gasteiger partial charge in [0.05, 0.1) is 27.4 Å². The average molecular weight is 476 g/mol. The van der Waals surface area contributed by atoms with Crippen LogP contribution in [0, 0.1) is 11.8 Å². The molecular formula is C25H25ClF3N3O. The number of alkyl halides is 3. The molecule has 3 aromatic rings. The number of carbonyl (C=O) groups is 1. The molecule has 1 aliphatic rings. The molecule has 2 aromatic carbocycles. The SMILES string of the molecule is O=C(NCC1CCC(CNc2cccc3cccnc23)CC1)c1cc(C(F)(F)F)ccc1Cl. The van der Waals surface area contributed by atoms with E-state index in [9.17, 15) is 18.0 Å². The molecule has 1 heterocycles. The van der Waals surface area contributed by atoms with Crippen molar-refractivity contribution in [3.63, 3.8) is 0 Å². The van der Waals surface area contributed by atoms with E-state index in [1.165, 1.54) is 0 Å². The third-order valence-corrected chi connectivity index (χ3v) is 6.60. The Balaban J connectivity index is 1.26. The van der Waals surface area contributed by atoms with E-state index in [0.29, 0.717) is 18.4 Å². The number of carbonyl (C=O) groups excluding carboxylic acids is 1. The number of para-hydroxylation sites is 1. The fourth-order valence-corrected chi connectivity index (χ4v) is 4.55. The van der Waals surface area contributed by atoms with Crippen LogP contribution in [0.1, 0.15) is 41.6 Å². The van der Waals surface area contributed by atoms with Gasteiger partial charge in [-0.2, -0.15) is 13.2 Å². The number of fused-ring (bicyclic) bond motifs is 1. The predicted octanol–water partition coefficient (Wildman–Crippen LogP) is 6.56. The number of benzene rings is 2. The standard InChI is InChI=1S/C25H25ClF3N3O/c26-21-11-10-19(25(27,28)29)13-20(21)24(33)32-15-17-8-6-16(7-9-17)14-31-22-5-1-3-18-4-2-12-30-23(18)22/h1-5,10-13,16-17,31H,6-9,14-15H2,(H,32,33). The van der Waals surface area contributed by atoms with Crippen LogP contribution in [-0.4, -0.2) is 24.0 Å². The van der Waals surface area contributed by atoms with E-state index < -0.39 is 17.6 Å². The van der Waals surface area contributed by atoms with Crippen LogP contribution in [0.2, 0.25) is 5.02 Å². The molecule has 4 rings (SSSR count). The van der Waals surface area contributed by atoms with Gasteiger partial charge in [-0.25, -0.2) is 0 Å². The smallest absolute Gasteiger partial charge is 0.383 e. The van der Waals surface area contributed by atoms with Gasteiger partial charge in [-0.15, -0.1) is 0 Å². The third-order valence-electron chi connectivity index (χ3n) is 6.27. The first kappa shape index (κ1) is 23.4. The summed E-state index contributed by atoms with van der Waals surface area (Å²) in [4.78, 5) is 16.9. The molecule has 0 atom stereocenters. The van der Waals surface area contributed by atoms with Crippen molar-refractivity contribution in [1.82, 2.24) is 10.3 Å². The molecule has 174 valence electrons. The van der Waals surface area contributed by atoms with Gasteiger partial charge in [-0.1, -0.05) is 29.8 Å². The van der Waals surface area contributed by atoms with Crippen LogP contribution >= 0.6 is 11.6 Å². The lowest BCUT2D eigenvalue weighted by atomic mass is 9.82. The number of anilines is 1. The minimum absolute atomic E-state index is 0.0122. The molecule has 1 aliphatic carbocycles. The molecule has 0 unspecified atom stereocenters. The molecule has 0 spiro atoms. The van der Waals surface area contributed by atoms with Crippen molar-refractivity contribution in [1.29, 1.82) is 0 Å². The number of hydrogen-bond donors (Lipinski definition) is 2. The molecule has 0 aliphatic heterocycles. The van der Waals surface area contributed by atoms with Crippen molar-refractivity contribution < 1.29 is 18.0 Å². The molecule has 1 amide bonds. The van der Waals surface area contributed by atoms with Gasteiger partial charge in [-0.3, -0.25) is 9.78 Å². The number of nitrogens with zero attached hydrogens (tertiary/aromatic N) is 1. The Kier molecular flexibility index (Phi) is 7.08. The zero-order chi connectivity index (χ0) is 23.4. The van der Waals surface area contributed by atoms with Crippen molar-refractivity contribution in [2.75, 3.05) is 18.4 Å². The van der Waals surface area contributed by atoms with E-state index in [4.69, 9.17) is 11.6 Å². The van der Waals surface area contributed by atoms with Crippen molar-refractivity contribution >= 4 is 34.1 Å². The molecule has 0 radical (unpaired) electrons. The molecule has 1 aromatic heterocycles. The van der Waals surface area contributed by atoms with Gasteiger partial charge >= 0.3 is 6.18 Å². The van der Waals surface area contributed by atoms with Gasteiger partial charge in [0.25, 0.3) is 5.91 Å². The number of pyridine rings is 1. The maximum atomic E-state index is 12.9.